The Morgan fingerprint density at radius 2 is 1.89 bits per heavy atom. The number of amides is 1. The summed E-state index contributed by atoms with van der Waals surface area (Å²) < 4.78 is 52.4. The number of carboxylic acids is 1. The summed E-state index contributed by atoms with van der Waals surface area (Å²) in [6, 6.07) is 7.12. The normalized spacial score (nSPS) is 14.3. The Hall–Kier alpha value is -4.79. The van der Waals surface area contributed by atoms with Gasteiger partial charge in [-0.1, -0.05) is 18.9 Å². The Labute approximate surface area is 268 Å². The lowest BCUT2D eigenvalue weighted by atomic mass is 9.86. The van der Waals surface area contributed by atoms with Gasteiger partial charge in [0, 0.05) is 50.4 Å². The van der Waals surface area contributed by atoms with Crippen molar-refractivity contribution in [3.63, 3.8) is 0 Å². The molecule has 4 heterocycles. The first-order chi connectivity index (χ1) is 22.4. The Morgan fingerprint density at radius 1 is 1.13 bits per heavy atom. The number of nitrogens with one attached hydrogen (secondary N) is 2. The molecule has 1 amide bonds. The highest BCUT2D eigenvalue weighted by molar-refractivity contribution is 6.03. The summed E-state index contributed by atoms with van der Waals surface area (Å²) in [5.41, 5.74) is 1.14. The monoisotopic (exact) mass is 655 g/mol. The Kier molecular flexibility index (Phi) is 9.94. The predicted molar refractivity (Wildman–Crippen MR) is 167 cm³/mol. The zero-order chi connectivity index (χ0) is 33.8. The molecule has 1 saturated carbocycles. The number of alkyl halides is 3. The highest BCUT2D eigenvalue weighted by Gasteiger charge is 2.36. The molecule has 0 atom stereocenters. The maximum absolute atomic E-state index is 13.8. The number of aliphatic carboxylic acids is 1. The number of carbonyl (C=O) groups excluding carboxylic acids is 1. The van der Waals surface area contributed by atoms with E-state index in [0.29, 0.717) is 29.9 Å². The fraction of sp³-hybridized carbons (Fsp3) is 0.438. The van der Waals surface area contributed by atoms with E-state index in [4.69, 9.17) is 14.6 Å². The summed E-state index contributed by atoms with van der Waals surface area (Å²) >= 11 is 0. The van der Waals surface area contributed by atoms with E-state index in [2.05, 4.69) is 30.2 Å². The maximum atomic E-state index is 13.8. The summed E-state index contributed by atoms with van der Waals surface area (Å²) in [5, 5.41) is 11.6. The summed E-state index contributed by atoms with van der Waals surface area (Å²) in [5.74, 6) is -1.63. The average molecular weight is 656 g/mol. The lowest BCUT2D eigenvalue weighted by Crippen LogP contribution is -2.37. The molecule has 4 aromatic rings. The number of pyridine rings is 3. The van der Waals surface area contributed by atoms with Crippen molar-refractivity contribution in [3.05, 3.63) is 53.5 Å². The van der Waals surface area contributed by atoms with E-state index in [0.717, 1.165) is 31.7 Å². The molecule has 5 rings (SSSR count). The van der Waals surface area contributed by atoms with Crippen LogP contribution in [0.4, 0.5) is 24.8 Å². The van der Waals surface area contributed by atoms with E-state index in [1.54, 1.807) is 26.2 Å². The summed E-state index contributed by atoms with van der Waals surface area (Å²) in [6.07, 6.45) is 1.02. The first-order valence-corrected chi connectivity index (χ1v) is 15.2. The number of hydrogen-bond acceptors (Lipinski definition) is 9. The van der Waals surface area contributed by atoms with Crippen molar-refractivity contribution in [1.29, 1.82) is 0 Å². The van der Waals surface area contributed by atoms with Gasteiger partial charge in [0.15, 0.2) is 5.65 Å². The van der Waals surface area contributed by atoms with Gasteiger partial charge < -0.3 is 24.5 Å². The Bertz CT molecular complexity index is 1740. The minimum atomic E-state index is -4.72. The van der Waals surface area contributed by atoms with Crippen LogP contribution in [-0.4, -0.2) is 75.8 Å². The molecule has 0 spiro atoms. The average Bonchev–Trinajstić information content (AvgIpc) is 3.66. The number of ether oxygens (including phenoxy) is 2. The molecule has 47 heavy (non-hydrogen) atoms. The van der Waals surface area contributed by atoms with Crippen LogP contribution in [0.1, 0.15) is 60.8 Å². The molecular formula is C32H36F3N7O5. The minimum Gasteiger partial charge on any atom is -0.481 e. The molecule has 0 unspecified atom stereocenters. The molecule has 12 nitrogen and oxygen atoms in total. The number of anilines is 2. The summed E-state index contributed by atoms with van der Waals surface area (Å²) in [7, 11) is 3.56. The second kappa shape index (κ2) is 13.9. The number of H-pyrrole nitrogens is 1. The van der Waals surface area contributed by atoms with Crippen LogP contribution in [0.15, 0.2) is 36.5 Å². The number of carbonyl (C=O) groups is 2. The number of methoxy groups -OCH3 is 1. The van der Waals surface area contributed by atoms with Gasteiger partial charge in [0.25, 0.3) is 5.91 Å². The molecule has 0 radical (unpaired) electrons. The number of aromatic amines is 1. The molecule has 1 fully saturated rings. The van der Waals surface area contributed by atoms with Gasteiger partial charge in [0.05, 0.1) is 24.6 Å². The van der Waals surface area contributed by atoms with Crippen LogP contribution in [0.5, 0.6) is 5.88 Å². The molecule has 1 aliphatic carbocycles. The number of imidazole rings is 1. The fourth-order valence-electron chi connectivity index (χ4n) is 6.00. The van der Waals surface area contributed by atoms with Crippen LogP contribution in [0, 0.1) is 5.41 Å². The van der Waals surface area contributed by atoms with Crippen molar-refractivity contribution in [3.8, 4) is 17.1 Å². The molecular weight excluding hydrogens is 619 g/mol. The number of carboxylic acid groups (broad SMARTS) is 1. The van der Waals surface area contributed by atoms with E-state index < -0.39 is 23.7 Å². The number of nitrogens with zero attached hydrogens (tertiary/aromatic N) is 5. The standard InChI is InChI=1S/C32H36F3N7O5/c1-4-47-25-14-20(13-24(38-25)32(33,34)35)22-15-23(42(2)17-31(18-46-3)11-5-6-12-31)27-28(37-22)40-30(39-27)41-29(45)21-9-7-19(16-36-21)8-10-26(43)44/h7,9,13-16H,4-6,8,10-12,17-18H2,1-3H3,(H,43,44)(H2,37,39,40,41,45). The van der Waals surface area contributed by atoms with Crippen LogP contribution in [-0.2, 0) is 22.1 Å². The van der Waals surface area contributed by atoms with E-state index in [1.807, 2.05) is 11.9 Å². The third-order valence-electron chi connectivity index (χ3n) is 8.14. The lowest BCUT2D eigenvalue weighted by Gasteiger charge is -2.34. The summed E-state index contributed by atoms with van der Waals surface area (Å²) in [4.78, 5) is 45.9. The van der Waals surface area contributed by atoms with Crippen LogP contribution >= 0.6 is 0 Å². The topological polar surface area (TPSA) is 155 Å². The first-order valence-electron chi connectivity index (χ1n) is 15.2. The molecule has 0 saturated heterocycles. The molecule has 250 valence electrons. The fourth-order valence-corrected chi connectivity index (χ4v) is 6.00. The maximum Gasteiger partial charge on any atom is 0.433 e. The third kappa shape index (κ3) is 7.96. The Morgan fingerprint density at radius 3 is 2.53 bits per heavy atom. The summed E-state index contributed by atoms with van der Waals surface area (Å²) in [6.45, 7) is 2.94. The number of rotatable bonds is 13. The molecule has 1 aliphatic rings. The van der Waals surface area contributed by atoms with Gasteiger partial charge in [-0.05, 0) is 49.9 Å². The molecule has 0 aromatic carbocycles. The largest absolute Gasteiger partial charge is 0.481 e. The van der Waals surface area contributed by atoms with Crippen LogP contribution < -0.4 is 15.0 Å². The molecule has 0 aliphatic heterocycles. The van der Waals surface area contributed by atoms with Gasteiger partial charge in [-0.3, -0.25) is 19.9 Å². The van der Waals surface area contributed by atoms with Gasteiger partial charge in [0.1, 0.15) is 16.9 Å². The molecule has 4 aromatic heterocycles. The van der Waals surface area contributed by atoms with Crippen molar-refractivity contribution in [2.24, 2.45) is 5.41 Å². The SMILES string of the molecule is CCOc1cc(-c2cc(N(C)CC3(COC)CCCC3)c3[nH]c(NC(=O)c4ccc(CCC(=O)O)cn4)nc3n2)cc(C(F)(F)F)n1. The van der Waals surface area contributed by atoms with E-state index in [1.165, 1.54) is 18.3 Å². The number of aromatic nitrogens is 5. The van der Waals surface area contributed by atoms with Gasteiger partial charge in [-0.2, -0.15) is 18.2 Å². The quantitative estimate of drug-likeness (QED) is 0.162. The zero-order valence-electron chi connectivity index (χ0n) is 26.3. The van der Waals surface area contributed by atoms with Gasteiger partial charge in [0.2, 0.25) is 11.8 Å². The van der Waals surface area contributed by atoms with Gasteiger partial charge in [-0.25, -0.2) is 9.97 Å². The second-order valence-corrected chi connectivity index (χ2v) is 11.7. The number of fused-ring (bicyclic) bond motifs is 1. The van der Waals surface area contributed by atoms with Crippen molar-refractivity contribution >= 4 is 34.7 Å². The molecule has 3 N–H and O–H groups in total. The van der Waals surface area contributed by atoms with Crippen molar-refractivity contribution in [2.45, 2.75) is 51.6 Å². The van der Waals surface area contributed by atoms with Crippen LogP contribution in [0.25, 0.3) is 22.4 Å². The third-order valence-corrected chi connectivity index (χ3v) is 8.14. The second-order valence-electron chi connectivity index (χ2n) is 11.7. The molecule has 0 bridgehead atoms. The molecule has 15 heteroatoms. The van der Waals surface area contributed by atoms with E-state index in [-0.39, 0.29) is 59.3 Å². The number of aryl methyl sites for hydroxylation is 1. The van der Waals surface area contributed by atoms with Gasteiger partial charge in [-0.15, -0.1) is 0 Å². The first kappa shape index (κ1) is 33.6. The minimum absolute atomic E-state index is 0.0610. The lowest BCUT2D eigenvalue weighted by molar-refractivity contribution is -0.141. The van der Waals surface area contributed by atoms with Crippen molar-refractivity contribution < 1.29 is 37.3 Å². The number of hydrogen-bond donors (Lipinski definition) is 3. The predicted octanol–water partition coefficient (Wildman–Crippen LogP) is 5.74. The zero-order valence-corrected chi connectivity index (χ0v) is 26.3. The highest BCUT2D eigenvalue weighted by atomic mass is 19.4. The van der Waals surface area contributed by atoms with E-state index in [9.17, 15) is 22.8 Å². The Balaban J connectivity index is 1.53. The van der Waals surface area contributed by atoms with Crippen LogP contribution in [0.2, 0.25) is 0 Å². The smallest absolute Gasteiger partial charge is 0.433 e. The van der Waals surface area contributed by atoms with Crippen molar-refractivity contribution in [2.75, 3.05) is 44.1 Å². The van der Waals surface area contributed by atoms with Crippen molar-refractivity contribution in [1.82, 2.24) is 24.9 Å². The highest BCUT2D eigenvalue weighted by Crippen LogP contribution is 2.41. The van der Waals surface area contributed by atoms with E-state index >= 15 is 0 Å². The van der Waals surface area contributed by atoms with Crippen LogP contribution in [0.3, 0.4) is 0 Å². The van der Waals surface area contributed by atoms with Gasteiger partial charge >= 0.3 is 12.1 Å². The number of halogens is 3.